The van der Waals surface area contributed by atoms with Crippen LogP contribution in [-0.4, -0.2) is 30.5 Å². The summed E-state index contributed by atoms with van der Waals surface area (Å²) in [7, 11) is 2.98. The Kier molecular flexibility index (Phi) is 5.75. The van der Waals surface area contributed by atoms with Gasteiger partial charge in [0.2, 0.25) is 0 Å². The third-order valence-electron chi connectivity index (χ3n) is 2.66. The molecule has 0 aliphatic carbocycles. The number of benzene rings is 1. The lowest BCUT2D eigenvalue weighted by molar-refractivity contribution is -0.108. The summed E-state index contributed by atoms with van der Waals surface area (Å²) in [6.45, 7) is 0. The van der Waals surface area contributed by atoms with Crippen LogP contribution in [0.15, 0.2) is 24.3 Å². The zero-order valence-corrected chi connectivity index (χ0v) is 10.4. The van der Waals surface area contributed by atoms with Gasteiger partial charge in [0.15, 0.2) is 6.29 Å². The maximum atomic E-state index is 10.0. The van der Waals surface area contributed by atoms with E-state index >= 15 is 0 Å². The van der Waals surface area contributed by atoms with Gasteiger partial charge in [-0.2, -0.15) is 5.26 Å². The van der Waals surface area contributed by atoms with Crippen LogP contribution in [0.3, 0.4) is 0 Å². The first kappa shape index (κ1) is 14.6. The predicted octanol–water partition coefficient (Wildman–Crippen LogP) is 1.29. The van der Waals surface area contributed by atoms with Crippen LogP contribution in [-0.2, 0) is 9.47 Å². The SMILES string of the molecule is COC(OC)c1ccccc1C(O)C(O)CC#N. The van der Waals surface area contributed by atoms with Crippen molar-refractivity contribution in [2.45, 2.75) is 24.9 Å². The molecule has 2 unspecified atom stereocenters. The van der Waals surface area contributed by atoms with Gasteiger partial charge in [-0.1, -0.05) is 24.3 Å². The molecule has 18 heavy (non-hydrogen) atoms. The number of rotatable bonds is 6. The van der Waals surface area contributed by atoms with E-state index in [1.54, 1.807) is 24.3 Å². The second kappa shape index (κ2) is 7.09. The van der Waals surface area contributed by atoms with Gasteiger partial charge in [0.1, 0.15) is 6.10 Å². The van der Waals surface area contributed by atoms with E-state index < -0.39 is 18.5 Å². The monoisotopic (exact) mass is 251 g/mol. The molecule has 0 fully saturated rings. The average molecular weight is 251 g/mol. The van der Waals surface area contributed by atoms with Crippen molar-refractivity contribution in [1.29, 1.82) is 5.26 Å². The van der Waals surface area contributed by atoms with E-state index in [0.717, 1.165) is 0 Å². The van der Waals surface area contributed by atoms with E-state index in [9.17, 15) is 10.2 Å². The lowest BCUT2D eigenvalue weighted by Gasteiger charge is -2.22. The number of ether oxygens (including phenoxy) is 2. The van der Waals surface area contributed by atoms with Crippen molar-refractivity contribution in [3.63, 3.8) is 0 Å². The highest BCUT2D eigenvalue weighted by atomic mass is 16.7. The van der Waals surface area contributed by atoms with Gasteiger partial charge in [0, 0.05) is 19.8 Å². The molecule has 0 spiro atoms. The standard InChI is InChI=1S/C13H17NO4/c1-17-13(18-2)10-6-4-3-5-9(10)12(16)11(15)7-8-14/h3-6,11-13,15-16H,7H2,1-2H3. The van der Waals surface area contributed by atoms with E-state index in [4.69, 9.17) is 14.7 Å². The second-order valence-electron chi connectivity index (χ2n) is 3.81. The van der Waals surface area contributed by atoms with Crippen LogP contribution in [0.4, 0.5) is 0 Å². The number of nitriles is 1. The highest BCUT2D eigenvalue weighted by Crippen LogP contribution is 2.28. The van der Waals surface area contributed by atoms with Crippen molar-refractivity contribution in [3.05, 3.63) is 35.4 Å². The lowest BCUT2D eigenvalue weighted by atomic mass is 9.97. The van der Waals surface area contributed by atoms with Crippen molar-refractivity contribution in [2.75, 3.05) is 14.2 Å². The molecule has 5 heteroatoms. The van der Waals surface area contributed by atoms with Crippen LogP contribution in [0, 0.1) is 11.3 Å². The molecule has 0 aliphatic heterocycles. The van der Waals surface area contributed by atoms with Gasteiger partial charge in [-0.25, -0.2) is 0 Å². The maximum absolute atomic E-state index is 10.0. The molecule has 0 saturated heterocycles. The Morgan fingerprint density at radius 3 is 2.22 bits per heavy atom. The van der Waals surface area contributed by atoms with Crippen molar-refractivity contribution in [2.24, 2.45) is 0 Å². The molecule has 0 aliphatic rings. The highest BCUT2D eigenvalue weighted by Gasteiger charge is 2.23. The Labute approximate surface area is 106 Å². The Hall–Kier alpha value is -1.45. The van der Waals surface area contributed by atoms with E-state index in [0.29, 0.717) is 11.1 Å². The molecule has 0 saturated carbocycles. The Morgan fingerprint density at radius 1 is 1.17 bits per heavy atom. The second-order valence-corrected chi connectivity index (χ2v) is 3.81. The number of hydrogen-bond acceptors (Lipinski definition) is 5. The van der Waals surface area contributed by atoms with Crippen LogP contribution >= 0.6 is 0 Å². The number of aliphatic hydroxyl groups is 2. The molecular formula is C13H17NO4. The smallest absolute Gasteiger partial charge is 0.183 e. The highest BCUT2D eigenvalue weighted by molar-refractivity contribution is 5.31. The topological polar surface area (TPSA) is 82.7 Å². The first-order valence-corrected chi connectivity index (χ1v) is 5.53. The van der Waals surface area contributed by atoms with Gasteiger partial charge < -0.3 is 19.7 Å². The molecule has 0 heterocycles. The quantitative estimate of drug-likeness (QED) is 0.744. The minimum absolute atomic E-state index is 0.139. The van der Waals surface area contributed by atoms with Crippen molar-refractivity contribution >= 4 is 0 Å². The predicted molar refractivity (Wildman–Crippen MR) is 64.4 cm³/mol. The summed E-state index contributed by atoms with van der Waals surface area (Å²) < 4.78 is 10.3. The summed E-state index contributed by atoms with van der Waals surface area (Å²) in [5, 5.41) is 28.2. The largest absolute Gasteiger partial charge is 0.389 e. The Bertz CT molecular complexity index is 412. The number of hydrogen-bond donors (Lipinski definition) is 2. The zero-order chi connectivity index (χ0) is 13.5. The van der Waals surface area contributed by atoms with Crippen molar-refractivity contribution in [1.82, 2.24) is 0 Å². The number of nitrogens with zero attached hydrogens (tertiary/aromatic N) is 1. The van der Waals surface area contributed by atoms with E-state index in [1.807, 2.05) is 6.07 Å². The first-order chi connectivity index (χ1) is 8.65. The number of methoxy groups -OCH3 is 2. The summed E-state index contributed by atoms with van der Waals surface area (Å²) >= 11 is 0. The molecule has 0 amide bonds. The van der Waals surface area contributed by atoms with Gasteiger partial charge in [-0.05, 0) is 5.56 Å². The summed E-state index contributed by atoms with van der Waals surface area (Å²) in [6.07, 6.45) is -3.04. The van der Waals surface area contributed by atoms with E-state index in [1.165, 1.54) is 14.2 Å². The molecule has 0 aromatic heterocycles. The van der Waals surface area contributed by atoms with Crippen LogP contribution in [0.25, 0.3) is 0 Å². The minimum atomic E-state index is -1.14. The van der Waals surface area contributed by atoms with Gasteiger partial charge >= 0.3 is 0 Å². The average Bonchev–Trinajstić information content (AvgIpc) is 2.40. The Balaban J connectivity index is 3.05. The molecule has 2 atom stereocenters. The van der Waals surface area contributed by atoms with Crippen LogP contribution in [0.1, 0.15) is 29.9 Å². The fraction of sp³-hybridized carbons (Fsp3) is 0.462. The van der Waals surface area contributed by atoms with E-state index in [2.05, 4.69) is 0 Å². The molecule has 98 valence electrons. The van der Waals surface area contributed by atoms with Gasteiger partial charge in [0.25, 0.3) is 0 Å². The molecule has 1 rings (SSSR count). The van der Waals surface area contributed by atoms with Crippen molar-refractivity contribution < 1.29 is 19.7 Å². The molecule has 5 nitrogen and oxygen atoms in total. The van der Waals surface area contributed by atoms with Crippen LogP contribution in [0.5, 0.6) is 0 Å². The van der Waals surface area contributed by atoms with Crippen LogP contribution < -0.4 is 0 Å². The maximum Gasteiger partial charge on any atom is 0.183 e. The first-order valence-electron chi connectivity index (χ1n) is 5.53. The van der Waals surface area contributed by atoms with Gasteiger partial charge in [0.05, 0.1) is 18.6 Å². The normalized spacial score (nSPS) is 14.2. The molecule has 1 aromatic rings. The third-order valence-corrected chi connectivity index (χ3v) is 2.66. The van der Waals surface area contributed by atoms with Gasteiger partial charge in [-0.15, -0.1) is 0 Å². The fourth-order valence-corrected chi connectivity index (χ4v) is 1.76. The van der Waals surface area contributed by atoms with Crippen molar-refractivity contribution in [3.8, 4) is 6.07 Å². The molecule has 0 bridgehead atoms. The summed E-state index contributed by atoms with van der Waals surface area (Å²) in [4.78, 5) is 0. The van der Waals surface area contributed by atoms with Gasteiger partial charge in [-0.3, -0.25) is 0 Å². The summed E-state index contributed by atoms with van der Waals surface area (Å²) in [6, 6.07) is 8.76. The Morgan fingerprint density at radius 2 is 1.72 bits per heavy atom. The molecule has 2 N–H and O–H groups in total. The lowest BCUT2D eigenvalue weighted by Crippen LogP contribution is -2.20. The van der Waals surface area contributed by atoms with E-state index in [-0.39, 0.29) is 6.42 Å². The third kappa shape index (κ3) is 3.28. The zero-order valence-electron chi connectivity index (χ0n) is 10.4. The fourth-order valence-electron chi connectivity index (χ4n) is 1.76. The minimum Gasteiger partial charge on any atom is -0.389 e. The molecule has 0 radical (unpaired) electrons. The summed E-state index contributed by atoms with van der Waals surface area (Å²) in [5.74, 6) is 0. The molecule has 1 aromatic carbocycles. The summed E-state index contributed by atoms with van der Waals surface area (Å²) in [5.41, 5.74) is 1.13. The molecular weight excluding hydrogens is 234 g/mol. The van der Waals surface area contributed by atoms with Crippen LogP contribution in [0.2, 0.25) is 0 Å². The number of aliphatic hydroxyl groups excluding tert-OH is 2.